The molecule has 1 fully saturated rings. The molecule has 0 unspecified atom stereocenters. The Morgan fingerprint density at radius 1 is 1.32 bits per heavy atom. The van der Waals surface area contributed by atoms with E-state index >= 15 is 0 Å². The number of amides is 1. The minimum Gasteiger partial charge on any atom is -0.339 e. The predicted molar refractivity (Wildman–Crippen MR) is 99.3 cm³/mol. The van der Waals surface area contributed by atoms with Gasteiger partial charge in [-0.2, -0.15) is 0 Å². The summed E-state index contributed by atoms with van der Waals surface area (Å²) in [6, 6.07) is 3.50. The van der Waals surface area contributed by atoms with Crippen LogP contribution in [0.5, 0.6) is 0 Å². The number of sulfonamides is 1. The molecule has 0 saturated carbocycles. The van der Waals surface area contributed by atoms with Gasteiger partial charge in [-0.1, -0.05) is 6.92 Å². The molecule has 0 spiro atoms. The van der Waals surface area contributed by atoms with Crippen molar-refractivity contribution < 1.29 is 17.6 Å². The van der Waals surface area contributed by atoms with Crippen LogP contribution in [0.25, 0.3) is 0 Å². The van der Waals surface area contributed by atoms with Crippen LogP contribution in [0.15, 0.2) is 18.2 Å². The van der Waals surface area contributed by atoms with Gasteiger partial charge >= 0.3 is 0 Å². The molecule has 1 heterocycles. The van der Waals surface area contributed by atoms with Gasteiger partial charge < -0.3 is 10.2 Å². The van der Waals surface area contributed by atoms with Crippen LogP contribution in [0.1, 0.15) is 30.1 Å². The van der Waals surface area contributed by atoms with Crippen LogP contribution in [-0.4, -0.2) is 51.7 Å². The van der Waals surface area contributed by atoms with E-state index in [1.807, 2.05) is 0 Å². The van der Waals surface area contributed by atoms with Crippen LogP contribution in [-0.2, 0) is 10.0 Å². The van der Waals surface area contributed by atoms with Crippen molar-refractivity contribution in [2.24, 2.45) is 5.92 Å². The Hall–Kier alpha value is -1.38. The Balaban J connectivity index is 0.00000312. The molecule has 1 aromatic rings. The van der Waals surface area contributed by atoms with Crippen molar-refractivity contribution in [3.63, 3.8) is 0 Å². The summed E-state index contributed by atoms with van der Waals surface area (Å²) in [5.74, 6) is -0.392. The minimum atomic E-state index is -3.55. The van der Waals surface area contributed by atoms with E-state index in [2.05, 4.69) is 17.0 Å². The van der Waals surface area contributed by atoms with Gasteiger partial charge in [-0.05, 0) is 50.0 Å². The summed E-state index contributed by atoms with van der Waals surface area (Å²) in [7, 11) is -3.55. The van der Waals surface area contributed by atoms with Gasteiger partial charge in [0.1, 0.15) is 5.82 Å². The van der Waals surface area contributed by atoms with Gasteiger partial charge in [-0.25, -0.2) is 12.8 Å². The third-order valence-electron chi connectivity index (χ3n) is 4.09. The molecular weight excluding hydrogens is 369 g/mol. The fourth-order valence-corrected chi connectivity index (χ4v) is 3.42. The van der Waals surface area contributed by atoms with E-state index in [4.69, 9.17) is 0 Å². The summed E-state index contributed by atoms with van der Waals surface area (Å²) in [6.45, 7) is 5.08. The summed E-state index contributed by atoms with van der Waals surface area (Å²) in [6.07, 6.45) is 2.75. The molecule has 25 heavy (non-hydrogen) atoms. The smallest absolute Gasteiger partial charge is 0.256 e. The van der Waals surface area contributed by atoms with Crippen molar-refractivity contribution in [3.05, 3.63) is 29.6 Å². The number of anilines is 1. The molecule has 0 atom stereocenters. The first-order chi connectivity index (χ1) is 11.3. The zero-order chi connectivity index (χ0) is 17.7. The highest BCUT2D eigenvalue weighted by Gasteiger charge is 2.25. The number of carbonyl (C=O) groups excluding carboxylic acids is 1. The lowest BCUT2D eigenvalue weighted by molar-refractivity contribution is 0.0691. The second-order valence-corrected chi connectivity index (χ2v) is 7.86. The molecule has 0 aliphatic carbocycles. The Bertz CT molecular complexity index is 692. The maximum absolute atomic E-state index is 13.6. The monoisotopic (exact) mass is 393 g/mol. The van der Waals surface area contributed by atoms with E-state index in [9.17, 15) is 17.6 Å². The molecule has 6 nitrogen and oxygen atoms in total. The first kappa shape index (κ1) is 21.7. The molecule has 1 amide bonds. The van der Waals surface area contributed by atoms with Gasteiger partial charge in [0.25, 0.3) is 5.91 Å². The molecule has 1 saturated heterocycles. The molecule has 9 heteroatoms. The third-order valence-corrected chi connectivity index (χ3v) is 4.68. The van der Waals surface area contributed by atoms with Crippen LogP contribution >= 0.6 is 12.4 Å². The van der Waals surface area contributed by atoms with E-state index in [1.165, 1.54) is 6.07 Å². The van der Waals surface area contributed by atoms with Gasteiger partial charge in [-0.3, -0.25) is 9.52 Å². The maximum Gasteiger partial charge on any atom is 0.256 e. The van der Waals surface area contributed by atoms with Crippen LogP contribution in [0.2, 0.25) is 0 Å². The Morgan fingerprint density at radius 2 is 1.96 bits per heavy atom. The lowest BCUT2D eigenvalue weighted by Crippen LogP contribution is -2.41. The Labute approximate surface area is 154 Å². The third kappa shape index (κ3) is 6.45. The van der Waals surface area contributed by atoms with Crippen LogP contribution in [0.4, 0.5) is 10.1 Å². The number of halogens is 2. The van der Waals surface area contributed by atoms with Crippen molar-refractivity contribution in [1.29, 1.82) is 0 Å². The highest BCUT2D eigenvalue weighted by Crippen LogP contribution is 2.23. The van der Waals surface area contributed by atoms with Crippen molar-refractivity contribution in [1.82, 2.24) is 10.2 Å². The van der Waals surface area contributed by atoms with Crippen LogP contribution in [0.3, 0.4) is 0 Å². The SMILES string of the molecule is CCNCC1CCN(C(=O)c2cc(F)ccc2NS(C)(=O)=O)CC1.Cl. The maximum atomic E-state index is 13.6. The quantitative estimate of drug-likeness (QED) is 0.775. The van der Waals surface area contributed by atoms with Crippen LogP contribution in [0, 0.1) is 11.7 Å². The van der Waals surface area contributed by atoms with Gasteiger partial charge in [-0.15, -0.1) is 12.4 Å². The summed E-state index contributed by atoms with van der Waals surface area (Å²) >= 11 is 0. The second-order valence-electron chi connectivity index (χ2n) is 6.11. The fraction of sp³-hybridized carbons (Fsp3) is 0.562. The number of piperidine rings is 1. The molecule has 2 N–H and O–H groups in total. The number of hydrogen-bond donors (Lipinski definition) is 2. The van der Waals surface area contributed by atoms with E-state index < -0.39 is 15.8 Å². The average Bonchev–Trinajstić information content (AvgIpc) is 2.53. The number of hydrogen-bond acceptors (Lipinski definition) is 4. The van der Waals surface area contributed by atoms with Gasteiger partial charge in [0.2, 0.25) is 10.0 Å². The molecule has 1 aromatic carbocycles. The minimum absolute atomic E-state index is 0. The Morgan fingerprint density at radius 3 is 2.52 bits per heavy atom. The number of carbonyl (C=O) groups is 1. The van der Waals surface area contributed by atoms with E-state index in [1.54, 1.807) is 4.90 Å². The molecule has 0 bridgehead atoms. The van der Waals surface area contributed by atoms with Gasteiger partial charge in [0.15, 0.2) is 0 Å². The summed E-state index contributed by atoms with van der Waals surface area (Å²) in [5, 5.41) is 3.31. The van der Waals surface area contributed by atoms with Crippen molar-refractivity contribution >= 4 is 34.0 Å². The van der Waals surface area contributed by atoms with Crippen LogP contribution < -0.4 is 10.0 Å². The average molecular weight is 394 g/mol. The number of benzene rings is 1. The Kier molecular flexibility index (Phi) is 8.11. The topological polar surface area (TPSA) is 78.5 Å². The van der Waals surface area contributed by atoms with Crippen molar-refractivity contribution in [2.45, 2.75) is 19.8 Å². The number of likely N-dealkylation sites (tertiary alicyclic amines) is 1. The van der Waals surface area contributed by atoms with Gasteiger partial charge in [0.05, 0.1) is 17.5 Å². The van der Waals surface area contributed by atoms with Crippen molar-refractivity contribution in [2.75, 3.05) is 37.2 Å². The summed E-state index contributed by atoms with van der Waals surface area (Å²) < 4.78 is 38.7. The number of rotatable bonds is 6. The fourth-order valence-electron chi connectivity index (χ4n) is 2.84. The van der Waals surface area contributed by atoms with E-state index in [0.29, 0.717) is 19.0 Å². The molecule has 1 aliphatic rings. The largest absolute Gasteiger partial charge is 0.339 e. The molecule has 142 valence electrons. The molecule has 2 rings (SSSR count). The predicted octanol–water partition coefficient (Wildman–Crippen LogP) is 2.08. The highest BCUT2D eigenvalue weighted by atomic mass is 35.5. The second kappa shape index (κ2) is 9.35. The first-order valence-electron chi connectivity index (χ1n) is 8.07. The first-order valence-corrected chi connectivity index (χ1v) is 9.96. The number of nitrogens with one attached hydrogen (secondary N) is 2. The lowest BCUT2D eigenvalue weighted by Gasteiger charge is -2.32. The van der Waals surface area contributed by atoms with Crippen molar-refractivity contribution in [3.8, 4) is 0 Å². The lowest BCUT2D eigenvalue weighted by atomic mass is 9.96. The molecule has 0 aromatic heterocycles. The van der Waals surface area contributed by atoms with E-state index in [0.717, 1.165) is 44.3 Å². The molecule has 0 radical (unpaired) electrons. The normalized spacial score (nSPS) is 15.6. The van der Waals surface area contributed by atoms with Gasteiger partial charge in [0, 0.05) is 13.1 Å². The van der Waals surface area contributed by atoms with E-state index in [-0.39, 0.29) is 29.6 Å². The highest BCUT2D eigenvalue weighted by molar-refractivity contribution is 7.92. The summed E-state index contributed by atoms with van der Waals surface area (Å²) in [4.78, 5) is 14.3. The summed E-state index contributed by atoms with van der Waals surface area (Å²) in [5.41, 5.74) is 0.157. The number of nitrogens with zero attached hydrogens (tertiary/aromatic N) is 1. The molecular formula is C16H25ClFN3O3S. The zero-order valence-corrected chi connectivity index (χ0v) is 16.1. The molecule has 1 aliphatic heterocycles. The standard InChI is InChI=1S/C16H24FN3O3S.ClH/c1-3-18-11-12-6-8-20(9-7-12)16(21)14-10-13(17)4-5-15(14)19-24(2,22)23;/h4-5,10,12,18-19H,3,6-9,11H2,1-2H3;1H. The zero-order valence-electron chi connectivity index (χ0n) is 14.4.